The molecule has 0 N–H and O–H groups in total. The maximum Gasteiger partial charge on any atom is 0.173 e. The largest absolute Gasteiger partial charge is 0.294 e. The first-order chi connectivity index (χ1) is 6.70. The Morgan fingerprint density at radius 3 is 2.29 bits per heavy atom. The summed E-state index contributed by atoms with van der Waals surface area (Å²) in [5, 5.41) is 0. The van der Waals surface area contributed by atoms with Crippen molar-refractivity contribution in [2.24, 2.45) is 0 Å². The second-order valence-electron chi connectivity index (χ2n) is 3.43. The molecule has 1 fully saturated rings. The highest BCUT2D eigenvalue weighted by atomic mass is 16.2. The van der Waals surface area contributed by atoms with Gasteiger partial charge < -0.3 is 0 Å². The number of ketones is 2. The predicted octanol–water partition coefficient (Wildman–Crippen LogP) is 1.87. The van der Waals surface area contributed by atoms with Crippen LogP contribution >= 0.6 is 0 Å². The number of hydrogen-bond acceptors (Lipinski definition) is 2. The lowest BCUT2D eigenvalue weighted by Crippen LogP contribution is -2.04. The molecule has 1 atom stereocenters. The van der Waals surface area contributed by atoms with E-state index in [1.54, 1.807) is 0 Å². The van der Waals surface area contributed by atoms with Crippen LogP contribution in [0.15, 0.2) is 42.5 Å². The van der Waals surface area contributed by atoms with Crippen molar-refractivity contribution in [3.8, 4) is 0 Å². The first-order valence-corrected chi connectivity index (χ1v) is 4.51. The summed E-state index contributed by atoms with van der Waals surface area (Å²) in [5.41, 5.74) is 1.06. The van der Waals surface area contributed by atoms with Crippen LogP contribution in [0.5, 0.6) is 0 Å². The van der Waals surface area contributed by atoms with E-state index in [9.17, 15) is 9.59 Å². The van der Waals surface area contributed by atoms with Gasteiger partial charge in [-0.25, -0.2) is 0 Å². The molecule has 0 spiro atoms. The van der Waals surface area contributed by atoms with Crippen LogP contribution in [-0.4, -0.2) is 11.6 Å². The molecule has 1 aromatic rings. The Kier molecular flexibility index (Phi) is 2.04. The Morgan fingerprint density at radius 2 is 1.79 bits per heavy atom. The molecule has 14 heavy (non-hydrogen) atoms. The zero-order valence-corrected chi connectivity index (χ0v) is 7.69. The number of carbonyl (C=O) groups excluding carboxylic acids is 2. The maximum absolute atomic E-state index is 11.6. The van der Waals surface area contributed by atoms with Gasteiger partial charge in [0.1, 0.15) is 0 Å². The number of Topliss-reactive ketones (excluding diaryl/α,β-unsaturated/α-hetero) is 2. The Labute approximate surface area is 82.2 Å². The smallest absolute Gasteiger partial charge is 0.173 e. The van der Waals surface area contributed by atoms with Crippen LogP contribution in [0.25, 0.3) is 0 Å². The lowest BCUT2D eigenvalue weighted by atomic mass is 9.97. The summed E-state index contributed by atoms with van der Waals surface area (Å²) < 4.78 is 0. The van der Waals surface area contributed by atoms with Crippen LogP contribution in [0.1, 0.15) is 17.9 Å². The normalized spacial score (nSPS) is 21.7. The molecule has 1 aliphatic rings. The molecule has 1 aliphatic carbocycles. The monoisotopic (exact) mass is 186 g/mol. The van der Waals surface area contributed by atoms with E-state index in [4.69, 9.17) is 0 Å². The maximum atomic E-state index is 11.6. The van der Waals surface area contributed by atoms with Gasteiger partial charge in [0.05, 0.1) is 11.5 Å². The summed E-state index contributed by atoms with van der Waals surface area (Å²) in [6, 6.07) is 9.37. The molecule has 0 bridgehead atoms. The van der Waals surface area contributed by atoms with Gasteiger partial charge in [-0.3, -0.25) is 9.59 Å². The zero-order valence-electron chi connectivity index (χ0n) is 7.69. The fourth-order valence-electron chi connectivity index (χ4n) is 1.70. The van der Waals surface area contributed by atoms with Crippen molar-refractivity contribution in [1.82, 2.24) is 0 Å². The number of rotatable bonds is 1. The quantitative estimate of drug-likeness (QED) is 0.495. The van der Waals surface area contributed by atoms with Gasteiger partial charge in [0.15, 0.2) is 11.6 Å². The molecular weight excluding hydrogens is 176 g/mol. The highest BCUT2D eigenvalue weighted by molar-refractivity contribution is 6.27. The Balaban J connectivity index is 2.35. The summed E-state index contributed by atoms with van der Waals surface area (Å²) in [6.45, 7) is 3.49. The van der Waals surface area contributed by atoms with Gasteiger partial charge in [0.2, 0.25) is 0 Å². The van der Waals surface area contributed by atoms with Crippen LogP contribution < -0.4 is 0 Å². The van der Waals surface area contributed by atoms with E-state index in [0.29, 0.717) is 0 Å². The predicted molar refractivity (Wildman–Crippen MR) is 53.0 cm³/mol. The molecule has 0 saturated heterocycles. The molecule has 1 saturated carbocycles. The number of allylic oxidation sites excluding steroid dienone is 1. The van der Waals surface area contributed by atoms with Crippen molar-refractivity contribution in [2.45, 2.75) is 12.3 Å². The number of benzene rings is 1. The molecule has 0 heterocycles. The Hall–Kier alpha value is -1.70. The van der Waals surface area contributed by atoms with E-state index < -0.39 is 0 Å². The van der Waals surface area contributed by atoms with Gasteiger partial charge in [0.25, 0.3) is 0 Å². The molecule has 1 aromatic carbocycles. The van der Waals surface area contributed by atoms with Crippen molar-refractivity contribution in [3.05, 3.63) is 48.0 Å². The third-order valence-electron chi connectivity index (χ3n) is 2.54. The van der Waals surface area contributed by atoms with Crippen molar-refractivity contribution in [1.29, 1.82) is 0 Å². The van der Waals surface area contributed by atoms with Gasteiger partial charge >= 0.3 is 0 Å². The van der Waals surface area contributed by atoms with Crippen LogP contribution in [0, 0.1) is 0 Å². The van der Waals surface area contributed by atoms with Crippen LogP contribution in [0.3, 0.4) is 0 Å². The second-order valence-corrected chi connectivity index (χ2v) is 3.43. The van der Waals surface area contributed by atoms with Crippen molar-refractivity contribution in [3.63, 3.8) is 0 Å². The molecule has 0 aromatic heterocycles. The van der Waals surface area contributed by atoms with Gasteiger partial charge in [-0.05, 0) is 5.56 Å². The zero-order chi connectivity index (χ0) is 10.1. The number of hydrogen-bond donors (Lipinski definition) is 0. The van der Waals surface area contributed by atoms with Crippen molar-refractivity contribution in [2.75, 3.05) is 0 Å². The van der Waals surface area contributed by atoms with Gasteiger partial charge in [-0.15, -0.1) is 0 Å². The molecular formula is C12H10O2. The van der Waals surface area contributed by atoms with E-state index in [0.717, 1.165) is 5.56 Å². The second kappa shape index (κ2) is 3.22. The fourth-order valence-corrected chi connectivity index (χ4v) is 1.70. The van der Waals surface area contributed by atoms with Crippen molar-refractivity contribution >= 4 is 11.6 Å². The molecule has 0 amide bonds. The molecule has 0 aliphatic heterocycles. The van der Waals surface area contributed by atoms with Crippen LogP contribution in [-0.2, 0) is 9.59 Å². The standard InChI is InChI=1S/C12H10O2/c1-8-11(13)7-10(12(8)14)9-5-3-2-4-6-9/h2-6,10H,1,7H2. The summed E-state index contributed by atoms with van der Waals surface area (Å²) in [7, 11) is 0. The molecule has 70 valence electrons. The lowest BCUT2D eigenvalue weighted by Gasteiger charge is -2.05. The highest BCUT2D eigenvalue weighted by Gasteiger charge is 2.35. The van der Waals surface area contributed by atoms with Crippen molar-refractivity contribution < 1.29 is 9.59 Å². The summed E-state index contributed by atoms with van der Waals surface area (Å²) in [5.74, 6) is -0.541. The van der Waals surface area contributed by atoms with Crippen LogP contribution in [0.4, 0.5) is 0 Å². The third kappa shape index (κ3) is 1.29. The Morgan fingerprint density at radius 1 is 1.14 bits per heavy atom. The van der Waals surface area contributed by atoms with E-state index in [2.05, 4.69) is 6.58 Å². The molecule has 0 radical (unpaired) electrons. The first kappa shape index (κ1) is 8.88. The average Bonchev–Trinajstić information content (AvgIpc) is 2.47. The molecule has 2 heteroatoms. The minimum atomic E-state index is -0.295. The molecule has 1 unspecified atom stereocenters. The summed E-state index contributed by atoms with van der Waals surface area (Å²) in [4.78, 5) is 22.8. The molecule has 2 nitrogen and oxygen atoms in total. The minimum Gasteiger partial charge on any atom is -0.294 e. The fraction of sp³-hybridized carbons (Fsp3) is 0.167. The lowest BCUT2D eigenvalue weighted by molar-refractivity contribution is -0.116. The van der Waals surface area contributed by atoms with Gasteiger partial charge in [-0.2, -0.15) is 0 Å². The van der Waals surface area contributed by atoms with E-state index in [1.807, 2.05) is 30.3 Å². The molecule has 2 rings (SSSR count). The Bertz CT molecular complexity index is 404. The SMILES string of the molecule is C=C1C(=O)CC(c2ccccc2)C1=O. The van der Waals surface area contributed by atoms with Gasteiger partial charge in [-0.1, -0.05) is 36.9 Å². The van der Waals surface area contributed by atoms with Gasteiger partial charge in [0, 0.05) is 6.42 Å². The third-order valence-corrected chi connectivity index (χ3v) is 2.54. The average molecular weight is 186 g/mol. The number of carbonyl (C=O) groups is 2. The van der Waals surface area contributed by atoms with Crippen LogP contribution in [0.2, 0.25) is 0 Å². The first-order valence-electron chi connectivity index (χ1n) is 4.51. The minimum absolute atomic E-state index is 0.121. The van der Waals surface area contributed by atoms with E-state index in [1.165, 1.54) is 0 Å². The summed E-state index contributed by atoms with van der Waals surface area (Å²) in [6.07, 6.45) is 0.279. The van der Waals surface area contributed by atoms with E-state index in [-0.39, 0.29) is 29.5 Å². The topological polar surface area (TPSA) is 34.1 Å². The summed E-state index contributed by atoms with van der Waals surface area (Å²) >= 11 is 0. The van der Waals surface area contributed by atoms with E-state index >= 15 is 0 Å². The highest BCUT2D eigenvalue weighted by Crippen LogP contribution is 2.31.